The molecule has 0 saturated heterocycles. The van der Waals surface area contributed by atoms with Crippen LogP contribution in [0.15, 0.2) is 12.1 Å². The lowest BCUT2D eigenvalue weighted by Crippen LogP contribution is -2.31. The second-order valence-corrected chi connectivity index (χ2v) is 3.84. The number of benzene rings is 1. The summed E-state index contributed by atoms with van der Waals surface area (Å²) in [4.78, 5) is 11.4. The van der Waals surface area contributed by atoms with Crippen molar-refractivity contribution in [1.29, 1.82) is 0 Å². The Balaban J connectivity index is 3.21. The smallest absolute Gasteiger partial charge is 0.241 e. The fourth-order valence-electron chi connectivity index (χ4n) is 1.39. The lowest BCUT2D eigenvalue weighted by atomic mass is 10.0. The molecule has 1 rings (SSSR count). The van der Waals surface area contributed by atoms with E-state index in [4.69, 9.17) is 22.1 Å². The number of nitrogens with two attached hydrogens (primary N) is 1. The Labute approximate surface area is 99.7 Å². The second-order valence-electron chi connectivity index (χ2n) is 3.44. The lowest BCUT2D eigenvalue weighted by molar-refractivity contribution is -0.122. The maximum Gasteiger partial charge on any atom is 0.241 e. The van der Waals surface area contributed by atoms with Gasteiger partial charge in [-0.3, -0.25) is 4.79 Å². The van der Waals surface area contributed by atoms with Crippen LogP contribution in [-0.2, 0) is 4.79 Å². The molecule has 1 aromatic rings. The topological polar surface area (TPSA) is 64.4 Å². The number of amides is 1. The van der Waals surface area contributed by atoms with Gasteiger partial charge in [0.05, 0.1) is 7.11 Å². The van der Waals surface area contributed by atoms with Gasteiger partial charge in [0.15, 0.2) is 0 Å². The lowest BCUT2D eigenvalue weighted by Gasteiger charge is -2.15. The Kier molecular flexibility index (Phi) is 4.15. The summed E-state index contributed by atoms with van der Waals surface area (Å²) in [7, 11) is 3.06. The van der Waals surface area contributed by atoms with E-state index in [1.165, 1.54) is 14.2 Å². The van der Waals surface area contributed by atoms with Gasteiger partial charge < -0.3 is 15.8 Å². The highest BCUT2D eigenvalue weighted by atomic mass is 35.5. The van der Waals surface area contributed by atoms with Crippen molar-refractivity contribution < 1.29 is 9.53 Å². The zero-order valence-corrected chi connectivity index (χ0v) is 10.3. The van der Waals surface area contributed by atoms with Crippen molar-refractivity contribution in [2.24, 2.45) is 5.73 Å². The van der Waals surface area contributed by atoms with E-state index in [2.05, 4.69) is 5.32 Å². The molecule has 0 aliphatic rings. The monoisotopic (exact) mass is 242 g/mol. The van der Waals surface area contributed by atoms with Crippen LogP contribution in [0.3, 0.4) is 0 Å². The minimum absolute atomic E-state index is 0.279. The summed E-state index contributed by atoms with van der Waals surface area (Å²) >= 11 is 5.99. The van der Waals surface area contributed by atoms with E-state index in [9.17, 15) is 4.79 Å². The van der Waals surface area contributed by atoms with Gasteiger partial charge in [-0.25, -0.2) is 0 Å². The van der Waals surface area contributed by atoms with Crippen molar-refractivity contribution in [1.82, 2.24) is 5.32 Å². The first-order valence-corrected chi connectivity index (χ1v) is 5.20. The van der Waals surface area contributed by atoms with Crippen molar-refractivity contribution in [3.05, 3.63) is 28.3 Å². The van der Waals surface area contributed by atoms with Crippen LogP contribution in [0.2, 0.25) is 5.02 Å². The van der Waals surface area contributed by atoms with E-state index in [1.54, 1.807) is 12.1 Å². The van der Waals surface area contributed by atoms with Gasteiger partial charge >= 0.3 is 0 Å². The Bertz CT molecular complexity index is 407. The van der Waals surface area contributed by atoms with Crippen LogP contribution in [0.5, 0.6) is 5.75 Å². The molecule has 0 aromatic heterocycles. The van der Waals surface area contributed by atoms with E-state index in [0.717, 1.165) is 5.56 Å². The summed E-state index contributed by atoms with van der Waals surface area (Å²) in [5.41, 5.74) is 7.26. The molecule has 0 saturated carbocycles. The standard InChI is InChI=1S/C11H15ClN2O2/c1-6-4-9(16-3)7(5-8(6)12)10(13)11(15)14-2/h4-5,10H,13H2,1-3H3,(H,14,15). The number of rotatable bonds is 3. The summed E-state index contributed by atoms with van der Waals surface area (Å²) in [6.07, 6.45) is 0. The number of aryl methyl sites for hydroxylation is 1. The Morgan fingerprint density at radius 1 is 1.56 bits per heavy atom. The number of hydrogen-bond donors (Lipinski definition) is 2. The predicted molar refractivity (Wildman–Crippen MR) is 63.7 cm³/mol. The molecule has 0 bridgehead atoms. The zero-order valence-electron chi connectivity index (χ0n) is 9.50. The highest BCUT2D eigenvalue weighted by molar-refractivity contribution is 6.31. The maximum atomic E-state index is 11.4. The van der Waals surface area contributed by atoms with Gasteiger partial charge in [-0.15, -0.1) is 0 Å². The van der Waals surface area contributed by atoms with E-state index in [1.807, 2.05) is 6.92 Å². The molecule has 16 heavy (non-hydrogen) atoms. The minimum Gasteiger partial charge on any atom is -0.496 e. The average Bonchev–Trinajstić information content (AvgIpc) is 2.30. The van der Waals surface area contributed by atoms with Gasteiger partial charge in [-0.05, 0) is 24.6 Å². The number of hydrogen-bond acceptors (Lipinski definition) is 3. The van der Waals surface area contributed by atoms with Crippen LogP contribution in [0.4, 0.5) is 0 Å². The van der Waals surface area contributed by atoms with E-state index < -0.39 is 6.04 Å². The Hall–Kier alpha value is -1.26. The van der Waals surface area contributed by atoms with E-state index >= 15 is 0 Å². The van der Waals surface area contributed by atoms with Crippen molar-refractivity contribution in [2.45, 2.75) is 13.0 Å². The molecule has 1 amide bonds. The number of nitrogens with one attached hydrogen (secondary N) is 1. The normalized spacial score (nSPS) is 12.1. The van der Waals surface area contributed by atoms with Gasteiger partial charge in [0, 0.05) is 17.6 Å². The van der Waals surface area contributed by atoms with Gasteiger partial charge in [0.2, 0.25) is 5.91 Å². The number of carbonyl (C=O) groups excluding carboxylic acids is 1. The summed E-state index contributed by atoms with van der Waals surface area (Å²) in [6.45, 7) is 1.86. The highest BCUT2D eigenvalue weighted by Gasteiger charge is 2.19. The molecular formula is C11H15ClN2O2. The molecule has 0 aliphatic heterocycles. The van der Waals surface area contributed by atoms with Crippen LogP contribution in [0, 0.1) is 6.92 Å². The van der Waals surface area contributed by atoms with Crippen LogP contribution in [0.25, 0.3) is 0 Å². The quantitative estimate of drug-likeness (QED) is 0.842. The molecule has 5 heteroatoms. The molecule has 88 valence electrons. The first-order valence-electron chi connectivity index (χ1n) is 4.82. The molecule has 1 unspecified atom stereocenters. The predicted octanol–water partition coefficient (Wildman–Crippen LogP) is 1.40. The first kappa shape index (κ1) is 12.8. The Morgan fingerprint density at radius 2 is 2.19 bits per heavy atom. The molecular weight excluding hydrogens is 228 g/mol. The minimum atomic E-state index is -0.780. The highest BCUT2D eigenvalue weighted by Crippen LogP contribution is 2.30. The largest absolute Gasteiger partial charge is 0.496 e. The summed E-state index contributed by atoms with van der Waals surface area (Å²) < 4.78 is 5.18. The molecule has 0 spiro atoms. The van der Waals surface area contributed by atoms with Crippen LogP contribution in [-0.4, -0.2) is 20.1 Å². The average molecular weight is 243 g/mol. The van der Waals surface area contributed by atoms with Crippen LogP contribution in [0.1, 0.15) is 17.2 Å². The SMILES string of the molecule is CNC(=O)C(N)c1cc(Cl)c(C)cc1OC. The molecule has 0 fully saturated rings. The summed E-state index contributed by atoms with van der Waals surface area (Å²) in [5.74, 6) is 0.288. The summed E-state index contributed by atoms with van der Waals surface area (Å²) in [5, 5.41) is 3.05. The number of carbonyl (C=O) groups is 1. The number of likely N-dealkylation sites (N-methyl/N-ethyl adjacent to an activating group) is 1. The number of ether oxygens (including phenoxy) is 1. The molecule has 4 nitrogen and oxygen atoms in total. The fourth-order valence-corrected chi connectivity index (χ4v) is 1.56. The molecule has 3 N–H and O–H groups in total. The maximum absolute atomic E-state index is 11.4. The van der Waals surface area contributed by atoms with Crippen molar-refractivity contribution >= 4 is 17.5 Å². The van der Waals surface area contributed by atoms with Gasteiger partial charge in [0.25, 0.3) is 0 Å². The molecule has 0 radical (unpaired) electrons. The molecule has 1 atom stereocenters. The third-order valence-corrected chi connectivity index (χ3v) is 2.78. The summed E-state index contributed by atoms with van der Waals surface area (Å²) in [6, 6.07) is 2.65. The number of halogens is 1. The van der Waals surface area contributed by atoms with Gasteiger partial charge in [0.1, 0.15) is 11.8 Å². The zero-order chi connectivity index (χ0) is 12.3. The number of methoxy groups -OCH3 is 1. The molecule has 0 heterocycles. The Morgan fingerprint density at radius 3 is 2.69 bits per heavy atom. The molecule has 1 aromatic carbocycles. The third kappa shape index (κ3) is 2.46. The van der Waals surface area contributed by atoms with Crippen molar-refractivity contribution in [3.63, 3.8) is 0 Å². The van der Waals surface area contributed by atoms with Crippen LogP contribution >= 0.6 is 11.6 Å². The molecule has 0 aliphatic carbocycles. The second kappa shape index (κ2) is 5.18. The van der Waals surface area contributed by atoms with Gasteiger partial charge in [-0.1, -0.05) is 11.6 Å². The first-order chi connectivity index (χ1) is 7.51. The third-order valence-electron chi connectivity index (χ3n) is 2.37. The van der Waals surface area contributed by atoms with Crippen LogP contribution < -0.4 is 15.8 Å². The van der Waals surface area contributed by atoms with E-state index in [-0.39, 0.29) is 5.91 Å². The van der Waals surface area contributed by atoms with Crippen molar-refractivity contribution in [2.75, 3.05) is 14.2 Å². The van der Waals surface area contributed by atoms with E-state index in [0.29, 0.717) is 16.3 Å². The fraction of sp³-hybridized carbons (Fsp3) is 0.364. The van der Waals surface area contributed by atoms with Gasteiger partial charge in [-0.2, -0.15) is 0 Å². The van der Waals surface area contributed by atoms with Crippen molar-refractivity contribution in [3.8, 4) is 5.75 Å².